The molecule has 0 heterocycles. The van der Waals surface area contributed by atoms with Gasteiger partial charge in [-0.25, -0.2) is 4.99 Å². The van der Waals surface area contributed by atoms with Gasteiger partial charge in [0.1, 0.15) is 5.84 Å². The lowest BCUT2D eigenvalue weighted by Gasteiger charge is -2.24. The molecule has 0 aromatic heterocycles. The maximum absolute atomic E-state index is 12.7. The molecule has 0 atom stereocenters. The van der Waals surface area contributed by atoms with Crippen molar-refractivity contribution in [3.63, 3.8) is 0 Å². The molecule has 0 unspecified atom stereocenters. The molecule has 142 valence electrons. The Labute approximate surface area is 174 Å². The second-order valence-corrected chi connectivity index (χ2v) is 7.04. The zero-order valence-electron chi connectivity index (χ0n) is 15.0. The molecule has 1 N–H and O–H groups in total. The Morgan fingerprint density at radius 3 is 1.96 bits per heavy atom. The van der Waals surface area contributed by atoms with Gasteiger partial charge in [-0.3, -0.25) is 4.79 Å². The molecule has 0 bridgehead atoms. The second kappa shape index (κ2) is 9.93. The van der Waals surface area contributed by atoms with Crippen molar-refractivity contribution in [2.75, 3.05) is 16.8 Å². The molecule has 4 nitrogen and oxygen atoms in total. The summed E-state index contributed by atoms with van der Waals surface area (Å²) >= 11 is 11.8. The summed E-state index contributed by atoms with van der Waals surface area (Å²) in [6.45, 7) is 0.183. The van der Waals surface area contributed by atoms with Crippen LogP contribution in [0.2, 0.25) is 0 Å². The van der Waals surface area contributed by atoms with Crippen molar-refractivity contribution in [2.24, 2.45) is 4.99 Å². The number of aliphatic imine (C=N–C) groups is 1. The van der Waals surface area contributed by atoms with E-state index < -0.39 is 10.7 Å². The number of halogens is 2. The van der Waals surface area contributed by atoms with Crippen molar-refractivity contribution in [1.82, 2.24) is 0 Å². The number of amidine groups is 1. The number of para-hydroxylation sites is 3. The molecule has 3 aromatic carbocycles. The highest BCUT2D eigenvalue weighted by Crippen LogP contribution is 2.20. The fraction of sp³-hybridized carbons (Fsp3) is 0.0909. The van der Waals surface area contributed by atoms with Crippen LogP contribution >= 0.6 is 23.2 Å². The summed E-state index contributed by atoms with van der Waals surface area (Å²) in [5, 5.41) is 3.29. The first-order chi connectivity index (χ1) is 13.6. The first kappa shape index (κ1) is 19.9. The Kier molecular flexibility index (Phi) is 7.06. The van der Waals surface area contributed by atoms with Crippen LogP contribution in [0.15, 0.2) is 96.0 Å². The highest BCUT2D eigenvalue weighted by Gasteiger charge is 2.23. The Morgan fingerprint density at radius 1 is 0.857 bits per heavy atom. The molecule has 0 spiro atoms. The Morgan fingerprint density at radius 2 is 1.39 bits per heavy atom. The van der Waals surface area contributed by atoms with Gasteiger partial charge in [-0.2, -0.15) is 0 Å². The van der Waals surface area contributed by atoms with Crippen molar-refractivity contribution in [2.45, 2.75) is 4.84 Å². The molecule has 0 saturated carbocycles. The van der Waals surface area contributed by atoms with Crippen molar-refractivity contribution >= 4 is 52.0 Å². The van der Waals surface area contributed by atoms with Crippen LogP contribution in [0.25, 0.3) is 0 Å². The van der Waals surface area contributed by atoms with Crippen molar-refractivity contribution < 1.29 is 4.79 Å². The molecule has 0 saturated heterocycles. The van der Waals surface area contributed by atoms with Gasteiger partial charge in [0.05, 0.1) is 12.2 Å². The SMILES string of the molecule is O=C(C(Cl)Cl)N(CC(=Nc1ccccc1)Nc1ccccc1)c1ccccc1. The quantitative estimate of drug-likeness (QED) is 0.322. The fourth-order valence-electron chi connectivity index (χ4n) is 2.62. The number of hydrogen-bond donors (Lipinski definition) is 1. The predicted molar refractivity (Wildman–Crippen MR) is 118 cm³/mol. The summed E-state index contributed by atoms with van der Waals surface area (Å²) in [6, 6.07) is 28.4. The average molecular weight is 412 g/mol. The molecule has 3 aromatic rings. The standard InChI is InChI=1S/C22H19Cl2N3O/c23-21(24)22(28)27(19-14-8-3-9-15-19)16-20(25-17-10-4-1-5-11-17)26-18-12-6-2-7-13-18/h1-15,21H,16H2,(H,25,26). The number of nitrogens with zero attached hydrogens (tertiary/aromatic N) is 2. The minimum atomic E-state index is -1.17. The number of carbonyl (C=O) groups is 1. The van der Waals surface area contributed by atoms with E-state index in [-0.39, 0.29) is 6.54 Å². The lowest BCUT2D eigenvalue weighted by molar-refractivity contribution is -0.116. The van der Waals surface area contributed by atoms with E-state index >= 15 is 0 Å². The minimum absolute atomic E-state index is 0.183. The molecule has 0 radical (unpaired) electrons. The molecule has 1 amide bonds. The summed E-state index contributed by atoms with van der Waals surface area (Å²) in [5.74, 6) is 0.175. The van der Waals surface area contributed by atoms with Crippen LogP contribution < -0.4 is 10.2 Å². The maximum atomic E-state index is 12.7. The fourth-order valence-corrected chi connectivity index (χ4v) is 2.86. The van der Waals surface area contributed by atoms with Gasteiger partial charge in [0.25, 0.3) is 5.91 Å². The van der Waals surface area contributed by atoms with Crippen LogP contribution in [0.3, 0.4) is 0 Å². The predicted octanol–water partition coefficient (Wildman–Crippen LogP) is 5.67. The zero-order valence-corrected chi connectivity index (χ0v) is 16.5. The van der Waals surface area contributed by atoms with Gasteiger partial charge in [-0.15, -0.1) is 0 Å². The summed E-state index contributed by atoms with van der Waals surface area (Å²) in [7, 11) is 0. The number of hydrogen-bond acceptors (Lipinski definition) is 2. The van der Waals surface area contributed by atoms with E-state index in [9.17, 15) is 4.79 Å². The van der Waals surface area contributed by atoms with Crippen molar-refractivity contribution in [3.05, 3.63) is 91.0 Å². The Hall–Kier alpha value is -2.82. The van der Waals surface area contributed by atoms with Crippen LogP contribution in [0.5, 0.6) is 0 Å². The third-order valence-electron chi connectivity index (χ3n) is 3.91. The van der Waals surface area contributed by atoms with Crippen LogP contribution in [0, 0.1) is 0 Å². The van der Waals surface area contributed by atoms with Crippen LogP contribution in [-0.2, 0) is 4.79 Å². The summed E-state index contributed by atoms with van der Waals surface area (Å²) in [4.78, 5) is 17.7. The molecular formula is C22H19Cl2N3O. The monoisotopic (exact) mass is 411 g/mol. The van der Waals surface area contributed by atoms with E-state index in [0.717, 1.165) is 11.4 Å². The molecule has 28 heavy (non-hydrogen) atoms. The van der Waals surface area contributed by atoms with E-state index in [4.69, 9.17) is 23.2 Å². The van der Waals surface area contributed by atoms with E-state index in [1.807, 2.05) is 91.0 Å². The number of carbonyl (C=O) groups excluding carboxylic acids is 1. The zero-order chi connectivity index (χ0) is 19.8. The number of nitrogens with one attached hydrogen (secondary N) is 1. The van der Waals surface area contributed by atoms with E-state index in [2.05, 4.69) is 10.3 Å². The number of anilines is 2. The number of benzene rings is 3. The highest BCUT2D eigenvalue weighted by molar-refractivity contribution is 6.54. The van der Waals surface area contributed by atoms with Gasteiger partial charge in [0.15, 0.2) is 4.84 Å². The van der Waals surface area contributed by atoms with E-state index in [1.165, 1.54) is 4.90 Å². The molecule has 0 aliphatic carbocycles. The normalized spacial score (nSPS) is 11.3. The van der Waals surface area contributed by atoms with Crippen LogP contribution in [0.1, 0.15) is 0 Å². The number of amides is 1. The topological polar surface area (TPSA) is 44.7 Å². The lowest BCUT2D eigenvalue weighted by atomic mass is 10.2. The second-order valence-electron chi connectivity index (χ2n) is 5.95. The molecule has 0 fully saturated rings. The van der Waals surface area contributed by atoms with Crippen LogP contribution in [-0.4, -0.2) is 23.1 Å². The van der Waals surface area contributed by atoms with Gasteiger partial charge in [-0.1, -0.05) is 77.8 Å². The third kappa shape index (κ3) is 5.59. The Bertz CT molecular complexity index is 916. The molecule has 0 aliphatic rings. The number of rotatable bonds is 6. The van der Waals surface area contributed by atoms with Gasteiger partial charge in [-0.05, 0) is 36.4 Å². The largest absolute Gasteiger partial charge is 0.342 e. The third-order valence-corrected chi connectivity index (χ3v) is 4.28. The first-order valence-electron chi connectivity index (χ1n) is 8.73. The summed E-state index contributed by atoms with van der Waals surface area (Å²) in [6.07, 6.45) is 0. The van der Waals surface area contributed by atoms with E-state index in [0.29, 0.717) is 11.5 Å². The van der Waals surface area contributed by atoms with Gasteiger partial charge in [0, 0.05) is 11.4 Å². The van der Waals surface area contributed by atoms with Crippen molar-refractivity contribution in [3.8, 4) is 0 Å². The van der Waals surface area contributed by atoms with Gasteiger partial charge < -0.3 is 10.2 Å². The average Bonchev–Trinajstić information content (AvgIpc) is 2.73. The number of alkyl halides is 2. The minimum Gasteiger partial charge on any atom is -0.342 e. The Balaban J connectivity index is 1.95. The molecule has 0 aliphatic heterocycles. The molecule has 6 heteroatoms. The maximum Gasteiger partial charge on any atom is 0.260 e. The summed E-state index contributed by atoms with van der Waals surface area (Å²) < 4.78 is 0. The van der Waals surface area contributed by atoms with Gasteiger partial charge in [0.2, 0.25) is 0 Å². The van der Waals surface area contributed by atoms with Gasteiger partial charge >= 0.3 is 0 Å². The molecular weight excluding hydrogens is 393 g/mol. The first-order valence-corrected chi connectivity index (χ1v) is 9.60. The highest BCUT2D eigenvalue weighted by atomic mass is 35.5. The van der Waals surface area contributed by atoms with Crippen molar-refractivity contribution in [1.29, 1.82) is 0 Å². The van der Waals surface area contributed by atoms with Crippen LogP contribution in [0.4, 0.5) is 17.1 Å². The molecule has 3 rings (SSSR count). The lowest BCUT2D eigenvalue weighted by Crippen LogP contribution is -2.40. The smallest absolute Gasteiger partial charge is 0.260 e. The summed E-state index contributed by atoms with van der Waals surface area (Å²) in [5.41, 5.74) is 2.33. The van der Waals surface area contributed by atoms with E-state index in [1.54, 1.807) is 0 Å².